The number of hydrogen-bond acceptors (Lipinski definition) is 1. The molecule has 12 heavy (non-hydrogen) atoms. The first-order valence-corrected chi connectivity index (χ1v) is 5.05. The highest BCUT2D eigenvalue weighted by atomic mass is 35.5. The second kappa shape index (κ2) is 3.04. The Labute approximate surface area is 80.4 Å². The van der Waals surface area contributed by atoms with Crippen molar-refractivity contribution in [2.24, 2.45) is 0 Å². The van der Waals surface area contributed by atoms with Crippen LogP contribution in [-0.2, 0) is 6.54 Å². The monoisotopic (exact) mass is 198 g/mol. The van der Waals surface area contributed by atoms with Crippen molar-refractivity contribution < 1.29 is 3.96 Å². The number of nitrogens with zero attached hydrogens (tertiary/aromatic N) is 1. The summed E-state index contributed by atoms with van der Waals surface area (Å²) >= 11 is 7.84. The predicted octanol–water partition coefficient (Wildman–Crippen LogP) is 2.86. The van der Waals surface area contributed by atoms with E-state index in [0.29, 0.717) is 0 Å². The molecule has 0 radical (unpaired) electrons. The molecule has 0 bridgehead atoms. The normalized spacial score (nSPS) is 10.8. The second-order valence-corrected chi connectivity index (χ2v) is 3.99. The first-order valence-electron chi connectivity index (χ1n) is 3.90. The number of rotatable bonds is 1. The Hall–Kier alpha value is -0.600. The van der Waals surface area contributed by atoms with Crippen molar-refractivity contribution in [3.63, 3.8) is 0 Å². The average Bonchev–Trinajstić information content (AvgIpc) is 2.44. The Bertz CT molecular complexity index is 408. The Balaban J connectivity index is 2.78. The number of fused-ring (bicyclic) bond motifs is 1. The Kier molecular flexibility index (Phi) is 2.03. The maximum atomic E-state index is 6.13. The molecule has 1 heterocycles. The molecule has 0 amide bonds. The van der Waals surface area contributed by atoms with Crippen molar-refractivity contribution >= 4 is 33.2 Å². The van der Waals surface area contributed by atoms with Crippen LogP contribution in [0.25, 0.3) is 10.1 Å². The van der Waals surface area contributed by atoms with E-state index in [2.05, 4.69) is 23.0 Å². The summed E-state index contributed by atoms with van der Waals surface area (Å²) in [4.78, 5) is 0. The lowest BCUT2D eigenvalue weighted by Crippen LogP contribution is -2.27. The molecule has 0 aliphatic heterocycles. The number of aryl methyl sites for hydroxylation is 1. The fraction of sp³-hybridized carbons (Fsp3) is 0.222. The topological polar surface area (TPSA) is 3.88 Å². The summed E-state index contributed by atoms with van der Waals surface area (Å²) in [5.41, 5.74) is 0. The molecule has 0 aliphatic carbocycles. The zero-order valence-electron chi connectivity index (χ0n) is 6.75. The van der Waals surface area contributed by atoms with Crippen LogP contribution in [0.3, 0.4) is 0 Å². The van der Waals surface area contributed by atoms with E-state index >= 15 is 0 Å². The van der Waals surface area contributed by atoms with Gasteiger partial charge in [0.1, 0.15) is 16.2 Å². The van der Waals surface area contributed by atoms with Crippen molar-refractivity contribution in [1.29, 1.82) is 0 Å². The van der Waals surface area contributed by atoms with Crippen LogP contribution >= 0.6 is 23.1 Å². The molecule has 62 valence electrons. The maximum absolute atomic E-state index is 6.13. The summed E-state index contributed by atoms with van der Waals surface area (Å²) in [5, 5.41) is 2.02. The number of aromatic nitrogens is 1. The lowest BCUT2D eigenvalue weighted by atomic mass is 10.3. The van der Waals surface area contributed by atoms with E-state index in [1.54, 1.807) is 11.5 Å². The van der Waals surface area contributed by atoms with Gasteiger partial charge < -0.3 is 0 Å². The van der Waals surface area contributed by atoms with Crippen molar-refractivity contribution in [3.05, 3.63) is 29.4 Å². The van der Waals surface area contributed by atoms with Crippen molar-refractivity contribution in [3.8, 4) is 0 Å². The van der Waals surface area contributed by atoms with Crippen LogP contribution in [0.4, 0.5) is 0 Å². The number of halogens is 1. The Morgan fingerprint density at radius 3 is 2.83 bits per heavy atom. The summed E-state index contributed by atoms with van der Waals surface area (Å²) in [7, 11) is 0. The smallest absolute Gasteiger partial charge is 0.123 e. The van der Waals surface area contributed by atoms with Crippen LogP contribution in [0.1, 0.15) is 6.92 Å². The van der Waals surface area contributed by atoms with Crippen molar-refractivity contribution in [1.82, 2.24) is 0 Å². The van der Waals surface area contributed by atoms with E-state index in [-0.39, 0.29) is 0 Å². The summed E-state index contributed by atoms with van der Waals surface area (Å²) in [5.74, 6) is 0. The van der Waals surface area contributed by atoms with Gasteiger partial charge in [0.15, 0.2) is 6.54 Å². The van der Waals surface area contributed by atoms with E-state index in [0.717, 1.165) is 17.1 Å². The largest absolute Gasteiger partial charge is 0.297 e. The van der Waals surface area contributed by atoms with Crippen molar-refractivity contribution in [2.45, 2.75) is 13.5 Å². The quantitative estimate of drug-likeness (QED) is 0.621. The highest BCUT2D eigenvalue weighted by Crippen LogP contribution is 2.23. The number of hydrogen-bond donors (Lipinski definition) is 0. The average molecular weight is 199 g/mol. The van der Waals surface area contributed by atoms with Crippen molar-refractivity contribution in [2.75, 3.05) is 0 Å². The van der Waals surface area contributed by atoms with Crippen LogP contribution < -0.4 is 3.96 Å². The highest BCUT2D eigenvalue weighted by Gasteiger charge is 2.15. The zero-order chi connectivity index (χ0) is 8.55. The van der Waals surface area contributed by atoms with E-state index in [4.69, 9.17) is 11.6 Å². The molecular formula is C9H9ClNS+. The Morgan fingerprint density at radius 1 is 1.42 bits per heavy atom. The molecule has 2 rings (SSSR count). The van der Waals surface area contributed by atoms with Gasteiger partial charge in [-0.05, 0) is 30.7 Å². The standard InChI is InChI=1S/C9H9ClNS/c1-2-11-9(10)7-5-3-4-6-8(7)12-11/h3-6H,2H2,1H3/q+1. The molecule has 0 saturated heterocycles. The Morgan fingerprint density at radius 2 is 2.17 bits per heavy atom. The molecule has 1 nitrogen and oxygen atoms in total. The van der Waals surface area contributed by atoms with E-state index < -0.39 is 0 Å². The first kappa shape index (κ1) is 8.02. The third-order valence-electron chi connectivity index (χ3n) is 1.82. The zero-order valence-corrected chi connectivity index (χ0v) is 8.32. The molecule has 1 aromatic heterocycles. The molecule has 1 aromatic carbocycles. The summed E-state index contributed by atoms with van der Waals surface area (Å²) < 4.78 is 3.34. The molecular weight excluding hydrogens is 190 g/mol. The van der Waals surface area contributed by atoms with E-state index in [9.17, 15) is 0 Å². The van der Waals surface area contributed by atoms with Crippen LogP contribution in [0.2, 0.25) is 5.15 Å². The molecule has 2 aromatic rings. The van der Waals surface area contributed by atoms with Crippen LogP contribution in [-0.4, -0.2) is 0 Å². The molecule has 3 heteroatoms. The predicted molar refractivity (Wildman–Crippen MR) is 52.7 cm³/mol. The van der Waals surface area contributed by atoms with Gasteiger partial charge in [-0.1, -0.05) is 12.1 Å². The lowest BCUT2D eigenvalue weighted by molar-refractivity contribution is -0.621. The lowest BCUT2D eigenvalue weighted by Gasteiger charge is -1.82. The first-order chi connectivity index (χ1) is 5.83. The summed E-state index contributed by atoms with van der Waals surface area (Å²) in [6.07, 6.45) is 0. The van der Waals surface area contributed by atoms with Gasteiger partial charge in [-0.3, -0.25) is 0 Å². The second-order valence-electron chi connectivity index (χ2n) is 2.57. The summed E-state index contributed by atoms with van der Waals surface area (Å²) in [6, 6.07) is 8.20. The third kappa shape index (κ3) is 1.11. The molecule has 0 fully saturated rings. The van der Waals surface area contributed by atoms with Gasteiger partial charge in [-0.25, -0.2) is 0 Å². The molecule has 0 saturated carbocycles. The fourth-order valence-corrected chi connectivity index (χ4v) is 2.60. The molecule has 0 unspecified atom stereocenters. The SMILES string of the molecule is CC[n+]1sc2ccccc2c1Cl. The number of benzene rings is 1. The van der Waals surface area contributed by atoms with E-state index in [1.165, 1.54) is 4.70 Å². The highest BCUT2D eigenvalue weighted by molar-refractivity contribution is 7.09. The van der Waals surface area contributed by atoms with Crippen LogP contribution in [0.15, 0.2) is 24.3 Å². The van der Waals surface area contributed by atoms with E-state index in [1.807, 2.05) is 12.1 Å². The molecule has 0 aliphatic rings. The van der Waals surface area contributed by atoms with Gasteiger partial charge in [-0.15, -0.1) is 3.96 Å². The fourth-order valence-electron chi connectivity index (χ4n) is 1.21. The molecule has 0 spiro atoms. The van der Waals surface area contributed by atoms with Gasteiger partial charge in [0.25, 0.3) is 5.15 Å². The van der Waals surface area contributed by atoms with Crippen LogP contribution in [0.5, 0.6) is 0 Å². The van der Waals surface area contributed by atoms with Crippen LogP contribution in [0, 0.1) is 0 Å². The van der Waals surface area contributed by atoms with Gasteiger partial charge in [0.2, 0.25) is 0 Å². The molecule has 0 atom stereocenters. The minimum Gasteiger partial charge on any atom is -0.123 e. The molecule has 0 N–H and O–H groups in total. The third-order valence-corrected chi connectivity index (χ3v) is 3.55. The van der Waals surface area contributed by atoms with Gasteiger partial charge in [0, 0.05) is 0 Å². The van der Waals surface area contributed by atoms with Gasteiger partial charge >= 0.3 is 0 Å². The minimum atomic E-state index is 0.859. The maximum Gasteiger partial charge on any atom is 0.297 e. The van der Waals surface area contributed by atoms with Gasteiger partial charge in [0.05, 0.1) is 5.39 Å². The minimum absolute atomic E-state index is 0.859. The van der Waals surface area contributed by atoms with Gasteiger partial charge in [-0.2, -0.15) is 0 Å². The summed E-state index contributed by atoms with van der Waals surface area (Å²) in [6.45, 7) is 3.04.